The van der Waals surface area contributed by atoms with Crippen molar-refractivity contribution in [1.29, 1.82) is 0 Å². The van der Waals surface area contributed by atoms with Gasteiger partial charge in [0.15, 0.2) is 0 Å². The molecule has 4 aromatic rings. The Hall–Kier alpha value is -1.73. The molecule has 0 aliphatic heterocycles. The van der Waals surface area contributed by atoms with Crippen molar-refractivity contribution in [2.75, 3.05) is 0 Å². The van der Waals surface area contributed by atoms with Gasteiger partial charge in [-0.15, -0.1) is 24.8 Å². The first-order valence-corrected chi connectivity index (χ1v) is 20.3. The number of allylic oxidation sites excluding steroid dienone is 4. The summed E-state index contributed by atoms with van der Waals surface area (Å²) in [5.74, 6) is 0. The van der Waals surface area contributed by atoms with Gasteiger partial charge in [-0.25, -0.2) is 0 Å². The normalized spacial score (nSPS) is 13.8. The Morgan fingerprint density at radius 3 is 1.41 bits per heavy atom. The summed E-state index contributed by atoms with van der Waals surface area (Å²) in [5, 5.41) is 1.53. The first kappa shape index (κ1) is 37.1. The van der Waals surface area contributed by atoms with E-state index in [2.05, 4.69) is 122 Å². The number of halogens is 4. The van der Waals surface area contributed by atoms with Gasteiger partial charge in [0.2, 0.25) is 0 Å². The summed E-state index contributed by atoms with van der Waals surface area (Å²) in [6.45, 7) is 18.7. The Labute approximate surface area is 306 Å². The van der Waals surface area contributed by atoms with Gasteiger partial charge in [0.1, 0.15) is 0 Å². The van der Waals surface area contributed by atoms with E-state index in [0.717, 1.165) is 16.5 Å². The molecule has 2 aliphatic carbocycles. The van der Waals surface area contributed by atoms with Gasteiger partial charge in [-0.2, -0.15) is 0 Å². The minimum atomic E-state index is -2.80. The summed E-state index contributed by atoms with van der Waals surface area (Å²) >= 11 is 10.1. The van der Waals surface area contributed by atoms with Gasteiger partial charge in [0.05, 0.1) is 0 Å². The number of benzene rings is 4. The average molecular weight is 770 g/mol. The van der Waals surface area contributed by atoms with Crippen molar-refractivity contribution in [1.82, 2.24) is 0 Å². The molecule has 0 N–H and O–H groups in total. The van der Waals surface area contributed by atoms with Crippen molar-refractivity contribution < 1.29 is 21.3 Å². The molecule has 0 amide bonds. The van der Waals surface area contributed by atoms with Gasteiger partial charge < -0.3 is 0 Å². The van der Waals surface area contributed by atoms with Crippen molar-refractivity contribution in [3.8, 4) is 11.1 Å². The van der Waals surface area contributed by atoms with Gasteiger partial charge in [0.25, 0.3) is 0 Å². The van der Waals surface area contributed by atoms with Crippen LogP contribution in [-0.2, 0) is 32.1 Å². The minimum absolute atomic E-state index is 0. The van der Waals surface area contributed by atoms with Crippen LogP contribution in [0.15, 0.2) is 94.3 Å². The molecule has 5 heteroatoms. The fourth-order valence-corrected chi connectivity index (χ4v) is 16.6. The molecule has 0 aromatic heterocycles. The number of rotatable bonds is 4. The van der Waals surface area contributed by atoms with E-state index in [1.54, 1.807) is 3.28 Å². The quantitative estimate of drug-likeness (QED) is 0.194. The molecule has 240 valence electrons. The van der Waals surface area contributed by atoms with E-state index in [4.69, 9.17) is 23.2 Å². The smallest absolute Gasteiger partial charge is 0.147 e. The van der Waals surface area contributed by atoms with Crippen LogP contribution in [0.4, 0.5) is 0 Å². The van der Waals surface area contributed by atoms with Crippen LogP contribution in [0.3, 0.4) is 0 Å². The fraction of sp³-hybridized carbons (Fsp3) is 0.293. The predicted molar refractivity (Wildman–Crippen MR) is 203 cm³/mol. The zero-order valence-electron chi connectivity index (χ0n) is 28.0. The summed E-state index contributed by atoms with van der Waals surface area (Å²) in [4.78, 5) is 0. The number of hydrogen-bond acceptors (Lipinski definition) is 0. The topological polar surface area (TPSA) is 0 Å². The summed E-state index contributed by atoms with van der Waals surface area (Å²) in [6, 6.07) is 27.3. The molecular formula is C41H44Cl4Zr. The van der Waals surface area contributed by atoms with Gasteiger partial charge >= 0.3 is 284 Å². The summed E-state index contributed by atoms with van der Waals surface area (Å²) in [6.07, 6.45) is 8.08. The minimum Gasteiger partial charge on any atom is -0.147 e. The van der Waals surface area contributed by atoms with E-state index in [-0.39, 0.29) is 35.6 Å². The molecule has 0 radical (unpaired) electrons. The Bertz CT molecular complexity index is 1750. The summed E-state index contributed by atoms with van der Waals surface area (Å²) < 4.78 is 3.50. The number of hydrogen-bond donors (Lipinski definition) is 0. The van der Waals surface area contributed by atoms with E-state index in [9.17, 15) is 0 Å². The second kappa shape index (κ2) is 14.0. The van der Waals surface area contributed by atoms with E-state index in [1.165, 1.54) is 58.8 Å². The fourth-order valence-electron chi connectivity index (χ4n) is 7.35. The Kier molecular flexibility index (Phi) is 11.3. The molecule has 0 atom stereocenters. The molecule has 2 aliphatic rings. The van der Waals surface area contributed by atoms with Gasteiger partial charge in [-0.05, 0) is 0 Å². The van der Waals surface area contributed by atoms with Crippen LogP contribution in [0.5, 0.6) is 0 Å². The Balaban J connectivity index is 0.00000240. The third-order valence-corrected chi connectivity index (χ3v) is 18.1. The van der Waals surface area contributed by atoms with Crippen LogP contribution < -0.4 is 0 Å². The van der Waals surface area contributed by atoms with Crippen LogP contribution in [-0.4, -0.2) is 3.21 Å². The maximum Gasteiger partial charge on any atom is -0.147 e. The van der Waals surface area contributed by atoms with Crippen molar-refractivity contribution >= 4 is 51.2 Å². The predicted octanol–water partition coefficient (Wildman–Crippen LogP) is 12.8. The Morgan fingerprint density at radius 1 is 0.652 bits per heavy atom. The zero-order valence-corrected chi connectivity index (χ0v) is 33.6. The van der Waals surface area contributed by atoms with Crippen molar-refractivity contribution in [3.63, 3.8) is 0 Å². The van der Waals surface area contributed by atoms with Crippen LogP contribution >= 0.6 is 48.0 Å². The standard InChI is InChI=1S/C23H29.C13H8Cl2.C5H5.2ClH.Zr/c1-14-9-16-11-17-10-15(2)21(23(6,7)8)13-19(17)18(16)12-20(14)22(3,4)5;14-12-5-1-10(2-6-12)9-11-3-7-13(15)8-4-11;1-2-4-5-3-1;;;/h9-13H,1-8H3;1-8H;1-3H,4H2;2*1H;. The van der Waals surface area contributed by atoms with Crippen molar-refractivity contribution in [2.45, 2.75) is 76.3 Å². The zero-order chi connectivity index (χ0) is 31.6. The van der Waals surface area contributed by atoms with E-state index < -0.39 is 21.3 Å². The molecule has 4 aromatic carbocycles. The largest absolute Gasteiger partial charge is 0.147 e. The molecular weight excluding hydrogens is 725 g/mol. The van der Waals surface area contributed by atoms with E-state index >= 15 is 0 Å². The number of fused-ring (bicyclic) bond motifs is 3. The van der Waals surface area contributed by atoms with Crippen LogP contribution in [0.2, 0.25) is 10.0 Å². The molecule has 0 heterocycles. The average Bonchev–Trinajstić information content (AvgIpc) is 3.57. The molecule has 6 rings (SSSR count). The maximum atomic E-state index is 6.46. The molecule has 46 heavy (non-hydrogen) atoms. The maximum absolute atomic E-state index is 6.46. The molecule has 0 saturated heterocycles. The second-order valence-electron chi connectivity index (χ2n) is 14.6. The van der Waals surface area contributed by atoms with Crippen molar-refractivity contribution in [2.24, 2.45) is 0 Å². The summed E-state index contributed by atoms with van der Waals surface area (Å²) in [5.41, 5.74) is 14.2. The number of aryl methyl sites for hydroxylation is 2. The monoisotopic (exact) mass is 766 g/mol. The first-order valence-electron chi connectivity index (χ1n) is 15.7. The molecule has 0 fully saturated rings. The van der Waals surface area contributed by atoms with Gasteiger partial charge in [0, 0.05) is 0 Å². The van der Waals surface area contributed by atoms with Gasteiger partial charge in [-0.1, -0.05) is 0 Å². The van der Waals surface area contributed by atoms with Gasteiger partial charge in [-0.3, -0.25) is 0 Å². The van der Waals surface area contributed by atoms with Crippen LogP contribution in [0.25, 0.3) is 11.1 Å². The van der Waals surface area contributed by atoms with Crippen LogP contribution in [0.1, 0.15) is 96.1 Å². The van der Waals surface area contributed by atoms with E-state index in [1.807, 2.05) is 24.3 Å². The molecule has 0 bridgehead atoms. The molecule has 0 unspecified atom stereocenters. The first-order chi connectivity index (χ1) is 20.7. The SMILES string of the molecule is Cc1cc2c(cc1C(C)(C)C)-c1cc(C(C)(C)C)c(C)cc1[CH]2[Zr]([C]1=CC=CC1)=[C](c1ccc(Cl)cc1)c1ccc(Cl)cc1.Cl.Cl. The Morgan fingerprint density at radius 2 is 1.07 bits per heavy atom. The summed E-state index contributed by atoms with van der Waals surface area (Å²) in [7, 11) is 0. The molecule has 0 saturated carbocycles. The third-order valence-electron chi connectivity index (χ3n) is 9.26. The van der Waals surface area contributed by atoms with Crippen LogP contribution in [0, 0.1) is 13.8 Å². The van der Waals surface area contributed by atoms with Crippen molar-refractivity contribution in [3.05, 3.63) is 149 Å². The molecule has 0 nitrogen and oxygen atoms in total. The third kappa shape index (κ3) is 7.02. The van der Waals surface area contributed by atoms with E-state index in [0.29, 0.717) is 3.63 Å². The second-order valence-corrected chi connectivity index (χ2v) is 21.7. The molecule has 0 spiro atoms.